The number of rotatable bonds is 7. The van der Waals surface area contributed by atoms with Crippen molar-refractivity contribution in [3.63, 3.8) is 0 Å². The van der Waals surface area contributed by atoms with Gasteiger partial charge in [-0.2, -0.15) is 0 Å². The zero-order valence-corrected chi connectivity index (χ0v) is 25.9. The molecule has 2 N–H and O–H groups in total. The van der Waals surface area contributed by atoms with Gasteiger partial charge in [0, 0.05) is 11.8 Å². The molecule has 1 saturated heterocycles. The number of amidine groups is 1. The summed E-state index contributed by atoms with van der Waals surface area (Å²) in [7, 11) is 0. The van der Waals surface area contributed by atoms with Crippen LogP contribution in [0.15, 0.2) is 104 Å². The molecule has 44 heavy (non-hydrogen) atoms. The number of nitro benzene ring substituents is 1. The van der Waals surface area contributed by atoms with Crippen molar-refractivity contribution >= 4 is 96.8 Å². The van der Waals surface area contributed by atoms with Gasteiger partial charge in [-0.25, -0.2) is 9.98 Å². The number of carbonyl (C=O) groups is 2. The Morgan fingerprint density at radius 1 is 1.09 bits per heavy atom. The third kappa shape index (κ3) is 6.68. The van der Waals surface area contributed by atoms with Crippen LogP contribution in [0, 0.1) is 17.0 Å². The zero-order chi connectivity index (χ0) is 30.8. The molecule has 9 nitrogen and oxygen atoms in total. The number of fused-ring (bicyclic) bond motifs is 1. The van der Waals surface area contributed by atoms with Gasteiger partial charge >= 0.3 is 0 Å². The highest BCUT2D eigenvalue weighted by atomic mass is 35.5. The molecule has 1 fully saturated rings. The topological polar surface area (TPSA) is 127 Å². The van der Waals surface area contributed by atoms with Crippen LogP contribution >= 0.6 is 46.5 Å². The standard InChI is InChI=1S/C31H20ClN5O4S3/c1-17-6-9-19(10-7-17)34-30-36-29(39)27(42-30)15-18-8-13-25(24(14-18)37(40)41)43-31-35-23-12-11-20(16-26(23)44-31)33-28(38)21-4-2-3-5-22(21)32/h2-16H,1H3,(H,33,38)(H,34,36,39)/b27-15-. The lowest BCUT2D eigenvalue weighted by Crippen LogP contribution is -2.19. The summed E-state index contributed by atoms with van der Waals surface area (Å²) in [6.45, 7) is 1.98. The van der Waals surface area contributed by atoms with Crippen molar-refractivity contribution in [3.05, 3.63) is 122 Å². The van der Waals surface area contributed by atoms with E-state index in [9.17, 15) is 19.7 Å². The van der Waals surface area contributed by atoms with Crippen LogP contribution in [-0.4, -0.2) is 26.9 Å². The van der Waals surface area contributed by atoms with Crippen LogP contribution in [0.3, 0.4) is 0 Å². The van der Waals surface area contributed by atoms with Crippen LogP contribution in [0.2, 0.25) is 5.02 Å². The van der Waals surface area contributed by atoms with Gasteiger partial charge in [-0.05, 0) is 78.9 Å². The average molecular weight is 658 g/mol. The molecule has 0 atom stereocenters. The van der Waals surface area contributed by atoms with Crippen LogP contribution < -0.4 is 10.6 Å². The van der Waals surface area contributed by atoms with E-state index in [4.69, 9.17) is 11.6 Å². The van der Waals surface area contributed by atoms with Crippen LogP contribution in [0.4, 0.5) is 17.1 Å². The first kappa shape index (κ1) is 29.6. The molecule has 5 aromatic rings. The van der Waals surface area contributed by atoms with Crippen LogP contribution in [0.5, 0.6) is 0 Å². The summed E-state index contributed by atoms with van der Waals surface area (Å²) in [4.78, 5) is 46.6. The fourth-order valence-electron chi connectivity index (χ4n) is 4.18. The number of aromatic nitrogens is 1. The van der Waals surface area contributed by atoms with Crippen molar-refractivity contribution < 1.29 is 14.5 Å². The van der Waals surface area contributed by atoms with Gasteiger partial charge in [0.05, 0.1) is 41.2 Å². The molecule has 0 bridgehead atoms. The van der Waals surface area contributed by atoms with Gasteiger partial charge in [0.2, 0.25) is 0 Å². The molecule has 2 heterocycles. The highest BCUT2D eigenvalue weighted by Crippen LogP contribution is 2.40. The molecular formula is C31H20ClN5O4S3. The summed E-state index contributed by atoms with van der Waals surface area (Å²) < 4.78 is 1.41. The molecule has 0 unspecified atom stereocenters. The average Bonchev–Trinajstić information content (AvgIpc) is 3.56. The summed E-state index contributed by atoms with van der Waals surface area (Å²) in [6, 6.07) is 24.5. The van der Waals surface area contributed by atoms with Crippen molar-refractivity contribution in [1.29, 1.82) is 0 Å². The van der Waals surface area contributed by atoms with Crippen molar-refractivity contribution in [3.8, 4) is 0 Å². The monoisotopic (exact) mass is 657 g/mol. The number of carbonyl (C=O) groups excluding carboxylic acids is 2. The van der Waals surface area contributed by atoms with Gasteiger partial charge in [0.25, 0.3) is 17.5 Å². The fourth-order valence-corrected chi connectivity index (χ4v) is 7.40. The molecule has 1 aromatic heterocycles. The van der Waals surface area contributed by atoms with E-state index < -0.39 is 4.92 Å². The van der Waals surface area contributed by atoms with Crippen molar-refractivity contribution in [2.45, 2.75) is 16.2 Å². The quantitative estimate of drug-likeness (QED) is 0.102. The van der Waals surface area contributed by atoms with Crippen molar-refractivity contribution in [1.82, 2.24) is 10.3 Å². The van der Waals surface area contributed by atoms with Gasteiger partial charge in [0.15, 0.2) is 9.51 Å². The Morgan fingerprint density at radius 2 is 1.89 bits per heavy atom. The molecule has 1 aliphatic rings. The van der Waals surface area contributed by atoms with E-state index in [1.54, 1.807) is 60.7 Å². The molecule has 0 saturated carbocycles. The number of aryl methyl sites for hydroxylation is 1. The normalized spacial score (nSPS) is 14.7. The first-order valence-corrected chi connectivity index (χ1v) is 15.8. The van der Waals surface area contributed by atoms with Crippen LogP contribution in [0.25, 0.3) is 16.3 Å². The highest BCUT2D eigenvalue weighted by Gasteiger charge is 2.25. The molecule has 1 aliphatic heterocycles. The van der Waals surface area contributed by atoms with Gasteiger partial charge in [-0.3, -0.25) is 19.7 Å². The minimum absolute atomic E-state index is 0.103. The minimum Gasteiger partial charge on any atom is -0.322 e. The lowest BCUT2D eigenvalue weighted by molar-refractivity contribution is -0.387. The molecule has 0 aliphatic carbocycles. The van der Waals surface area contributed by atoms with E-state index in [0.29, 0.717) is 52.3 Å². The van der Waals surface area contributed by atoms with E-state index in [1.165, 1.54) is 40.9 Å². The lowest BCUT2D eigenvalue weighted by Gasteiger charge is -2.06. The van der Waals surface area contributed by atoms with E-state index in [2.05, 4.69) is 20.6 Å². The second kappa shape index (κ2) is 12.6. The van der Waals surface area contributed by atoms with E-state index in [0.717, 1.165) is 10.3 Å². The number of nitro groups is 1. The predicted molar refractivity (Wildman–Crippen MR) is 178 cm³/mol. The second-order valence-electron chi connectivity index (χ2n) is 9.50. The molecule has 4 aromatic carbocycles. The highest BCUT2D eigenvalue weighted by molar-refractivity contribution is 8.18. The summed E-state index contributed by atoms with van der Waals surface area (Å²) >= 11 is 9.85. The summed E-state index contributed by atoms with van der Waals surface area (Å²) in [5, 5.41) is 18.4. The number of thioether (sulfide) groups is 1. The number of hydrogen-bond acceptors (Lipinski definition) is 9. The first-order chi connectivity index (χ1) is 21.2. The Kier molecular flexibility index (Phi) is 8.49. The number of nitrogens with zero attached hydrogens (tertiary/aromatic N) is 3. The SMILES string of the molecule is Cc1ccc(N=C2NC(=O)/C(=C/c3ccc(Sc4nc5ccc(NC(=O)c6ccccc6Cl)cc5s4)c([N+](=O)[O-])c3)S2)cc1. The Bertz CT molecular complexity index is 2020. The Balaban J connectivity index is 1.19. The van der Waals surface area contributed by atoms with E-state index in [-0.39, 0.29) is 17.5 Å². The number of amides is 2. The van der Waals surface area contributed by atoms with E-state index >= 15 is 0 Å². The number of nitrogens with one attached hydrogen (secondary N) is 2. The maximum absolute atomic E-state index is 12.7. The van der Waals surface area contributed by atoms with Gasteiger partial charge in [-0.1, -0.05) is 59.3 Å². The number of aliphatic imine (C=N–C) groups is 1. The largest absolute Gasteiger partial charge is 0.322 e. The summed E-state index contributed by atoms with van der Waals surface area (Å²) in [5.41, 5.74) is 3.87. The van der Waals surface area contributed by atoms with Crippen LogP contribution in [-0.2, 0) is 4.79 Å². The molecular weight excluding hydrogens is 638 g/mol. The third-order valence-corrected chi connectivity index (χ3v) is 9.72. The predicted octanol–water partition coefficient (Wildman–Crippen LogP) is 8.46. The minimum atomic E-state index is -0.452. The Morgan fingerprint density at radius 3 is 2.66 bits per heavy atom. The molecule has 2 amide bonds. The zero-order valence-electron chi connectivity index (χ0n) is 22.7. The maximum atomic E-state index is 12.7. The van der Waals surface area contributed by atoms with E-state index in [1.807, 2.05) is 31.2 Å². The fraction of sp³-hybridized carbons (Fsp3) is 0.0323. The third-order valence-electron chi connectivity index (χ3n) is 6.34. The number of thiazole rings is 1. The number of anilines is 1. The summed E-state index contributed by atoms with van der Waals surface area (Å²) in [5.74, 6) is -0.651. The number of halogens is 1. The first-order valence-electron chi connectivity index (χ1n) is 13.0. The van der Waals surface area contributed by atoms with Gasteiger partial charge in [0.1, 0.15) is 0 Å². The van der Waals surface area contributed by atoms with Gasteiger partial charge in [-0.15, -0.1) is 11.3 Å². The Hall–Kier alpha value is -4.49. The van der Waals surface area contributed by atoms with Gasteiger partial charge < -0.3 is 10.6 Å². The molecule has 13 heteroatoms. The Labute approximate surface area is 268 Å². The van der Waals surface area contributed by atoms with Crippen molar-refractivity contribution in [2.75, 3.05) is 5.32 Å². The lowest BCUT2D eigenvalue weighted by atomic mass is 10.2. The molecule has 218 valence electrons. The van der Waals surface area contributed by atoms with Crippen molar-refractivity contribution in [2.24, 2.45) is 4.99 Å². The molecule has 0 spiro atoms. The molecule has 6 rings (SSSR count). The number of hydrogen-bond donors (Lipinski definition) is 2. The second-order valence-corrected chi connectivity index (χ2v) is 13.3. The van der Waals surface area contributed by atoms with Crippen LogP contribution in [0.1, 0.15) is 21.5 Å². The number of benzene rings is 4. The maximum Gasteiger partial charge on any atom is 0.283 e. The smallest absolute Gasteiger partial charge is 0.283 e. The molecule has 0 radical (unpaired) electrons. The summed E-state index contributed by atoms with van der Waals surface area (Å²) in [6.07, 6.45) is 1.61.